The van der Waals surface area contributed by atoms with Crippen LogP contribution in [-0.2, 0) is 10.9 Å². The van der Waals surface area contributed by atoms with E-state index in [1.54, 1.807) is 0 Å². The van der Waals surface area contributed by atoms with Crippen LogP contribution in [0.15, 0.2) is 18.2 Å². The van der Waals surface area contributed by atoms with Crippen molar-refractivity contribution in [3.8, 4) is 5.75 Å². The summed E-state index contributed by atoms with van der Waals surface area (Å²) in [5.41, 5.74) is 1.12. The van der Waals surface area contributed by atoms with Crippen molar-refractivity contribution >= 4 is 30.8 Å². The van der Waals surface area contributed by atoms with E-state index in [9.17, 15) is 5.11 Å². The second kappa shape index (κ2) is 10.2. The van der Waals surface area contributed by atoms with Gasteiger partial charge in [-0.1, -0.05) is 20.9 Å². The lowest BCUT2D eigenvalue weighted by molar-refractivity contribution is 0.127. The van der Waals surface area contributed by atoms with Gasteiger partial charge < -0.3 is 9.84 Å². The molecule has 0 bridgehead atoms. The number of aliphatic hydroxyl groups excluding tert-OH is 1. The van der Waals surface area contributed by atoms with Gasteiger partial charge in [0.1, 0.15) is 25.4 Å². The molecule has 0 saturated carbocycles. The van der Waals surface area contributed by atoms with E-state index in [2.05, 4.69) is 53.1 Å². The maximum Gasteiger partial charge on any atom is 0.137 e. The lowest BCUT2D eigenvalue weighted by Gasteiger charge is -2.23. The summed E-state index contributed by atoms with van der Waals surface area (Å²) < 4.78 is 12.2. The summed E-state index contributed by atoms with van der Waals surface area (Å²) in [6, 6.07) is 6.16. The topological polar surface area (TPSA) is 50.7 Å². The van der Waals surface area contributed by atoms with Gasteiger partial charge in [0.15, 0.2) is 0 Å². The van der Waals surface area contributed by atoms with Crippen LogP contribution in [0.4, 0.5) is 0 Å². The molecule has 3 unspecified atom stereocenters. The molecule has 23 heavy (non-hydrogen) atoms. The Morgan fingerprint density at radius 2 is 2.04 bits per heavy atom. The average molecular weight is 378 g/mol. The molecular formula is C16H31NO3P3+. The molecule has 2 N–H and O–H groups in total. The number of rotatable bonds is 10. The van der Waals surface area contributed by atoms with Gasteiger partial charge in [0.2, 0.25) is 0 Å². The molecule has 0 aliphatic carbocycles. The molecule has 1 aromatic carbocycles. The molecule has 0 fully saturated rings. The fourth-order valence-corrected chi connectivity index (χ4v) is 3.88. The van der Waals surface area contributed by atoms with Crippen LogP contribution >= 0.6 is 25.5 Å². The van der Waals surface area contributed by atoms with Crippen molar-refractivity contribution in [3.05, 3.63) is 23.8 Å². The number of nitrogens with one attached hydrogen (secondary N) is 1. The first-order chi connectivity index (χ1) is 10.7. The third kappa shape index (κ3) is 8.73. The van der Waals surface area contributed by atoms with Gasteiger partial charge in [-0.3, -0.25) is 5.09 Å². The molecule has 0 radical (unpaired) electrons. The van der Waals surface area contributed by atoms with Crippen LogP contribution in [0.25, 0.3) is 0 Å². The van der Waals surface area contributed by atoms with Gasteiger partial charge in [-0.15, -0.1) is 9.24 Å². The Bertz CT molecular complexity index is 480. The van der Waals surface area contributed by atoms with Gasteiger partial charge in [0, 0.05) is 13.0 Å². The largest absolute Gasteiger partial charge is 0.488 e. The maximum atomic E-state index is 9.25. The molecule has 0 heterocycles. The minimum absolute atomic E-state index is 0.00643. The van der Waals surface area contributed by atoms with E-state index in [4.69, 9.17) is 9.26 Å². The zero-order chi connectivity index (χ0) is 17.5. The third-order valence-corrected chi connectivity index (χ3v) is 4.94. The minimum Gasteiger partial charge on any atom is -0.488 e. The highest BCUT2D eigenvalue weighted by atomic mass is 31.2. The van der Waals surface area contributed by atoms with Gasteiger partial charge in [0.05, 0.1) is 26.6 Å². The predicted molar refractivity (Wildman–Crippen MR) is 108 cm³/mol. The number of ether oxygens (including phenoxy) is 1. The van der Waals surface area contributed by atoms with Gasteiger partial charge in [-0.25, -0.2) is 4.52 Å². The van der Waals surface area contributed by atoms with Gasteiger partial charge in [0.25, 0.3) is 0 Å². The highest BCUT2D eigenvalue weighted by Gasteiger charge is 2.26. The highest BCUT2D eigenvalue weighted by molar-refractivity contribution is 7.69. The predicted octanol–water partition coefficient (Wildman–Crippen LogP) is 2.51. The molecule has 4 atom stereocenters. The highest BCUT2D eigenvalue weighted by Crippen LogP contribution is 2.49. The van der Waals surface area contributed by atoms with Gasteiger partial charge >= 0.3 is 0 Å². The monoisotopic (exact) mass is 378 g/mol. The number of hydrogen-bond acceptors (Lipinski definition) is 4. The molecule has 0 amide bonds. The summed E-state index contributed by atoms with van der Waals surface area (Å²) in [5.74, 6) is 0.832. The van der Waals surface area contributed by atoms with Crippen LogP contribution in [0, 0.1) is 0 Å². The quantitative estimate of drug-likeness (QED) is 0.615. The summed E-state index contributed by atoms with van der Waals surface area (Å²) in [6.07, 6.45) is 0.705. The molecule has 1 rings (SSSR count). The Balaban J connectivity index is 2.92. The van der Waals surface area contributed by atoms with Crippen LogP contribution in [-0.4, -0.2) is 57.1 Å². The number of benzene rings is 1. The minimum atomic E-state index is -1.33. The first-order valence-corrected chi connectivity index (χ1v) is 12.9. The van der Waals surface area contributed by atoms with Gasteiger partial charge in [-0.05, 0) is 30.5 Å². The van der Waals surface area contributed by atoms with Crippen molar-refractivity contribution in [1.29, 1.82) is 0 Å². The van der Waals surface area contributed by atoms with Crippen molar-refractivity contribution in [2.45, 2.75) is 25.6 Å². The molecule has 7 heteroatoms. The lowest BCUT2D eigenvalue weighted by atomic mass is 10.1. The molecule has 132 valence electrons. The fourth-order valence-electron chi connectivity index (χ4n) is 2.16. The van der Waals surface area contributed by atoms with Crippen molar-refractivity contribution in [3.63, 3.8) is 0 Å². The Labute approximate surface area is 145 Å². The number of aliphatic hydroxyl groups is 1. The first-order valence-electron chi connectivity index (χ1n) is 7.80. The van der Waals surface area contributed by atoms with Gasteiger partial charge in [-0.2, -0.15) is 0 Å². The molecule has 0 aliphatic heterocycles. The van der Waals surface area contributed by atoms with Crippen LogP contribution in [0.2, 0.25) is 0 Å². The second-order valence-electron chi connectivity index (χ2n) is 6.43. The standard InChI is InChI=1S/C16H31NO3P3/c1-12(11-18)19-16-9-15(21)7-6-13(16)8-14(10-17-22-2)20-23(3,4)5/h6-7,9,12,14,17-18,22H,8,10-11,21H2,1-5H3/q+1/t12-,14?/m1/s1. The van der Waals surface area contributed by atoms with Crippen molar-refractivity contribution < 1.29 is 14.4 Å². The number of hydrogen-bond donors (Lipinski definition) is 2. The van der Waals surface area contributed by atoms with Crippen molar-refractivity contribution in [1.82, 2.24) is 5.09 Å². The maximum absolute atomic E-state index is 9.25. The fraction of sp³-hybridized carbons (Fsp3) is 0.625. The average Bonchev–Trinajstić information content (AvgIpc) is 2.45. The van der Waals surface area contributed by atoms with Crippen LogP contribution in [0.3, 0.4) is 0 Å². The summed E-state index contributed by atoms with van der Waals surface area (Å²) in [6.45, 7) is 11.4. The van der Waals surface area contributed by atoms with E-state index in [0.717, 1.165) is 29.6 Å². The third-order valence-electron chi connectivity index (χ3n) is 3.10. The van der Waals surface area contributed by atoms with E-state index in [1.807, 2.05) is 13.0 Å². The molecule has 1 aromatic rings. The Hall–Kier alpha value is 0.190. The zero-order valence-electron chi connectivity index (χ0n) is 14.8. The summed E-state index contributed by atoms with van der Waals surface area (Å²) in [4.78, 5) is 0. The zero-order valence-corrected chi connectivity index (χ0v) is 17.8. The second-order valence-corrected chi connectivity index (χ2v) is 11.9. The molecule has 4 nitrogen and oxygen atoms in total. The van der Waals surface area contributed by atoms with E-state index in [1.165, 1.54) is 0 Å². The van der Waals surface area contributed by atoms with Crippen LogP contribution in [0.5, 0.6) is 5.75 Å². The molecule has 0 saturated heterocycles. The van der Waals surface area contributed by atoms with Crippen LogP contribution in [0.1, 0.15) is 12.5 Å². The van der Waals surface area contributed by atoms with Crippen molar-refractivity contribution in [2.75, 3.05) is 39.8 Å². The summed E-state index contributed by atoms with van der Waals surface area (Å²) in [7, 11) is 2.06. The molecule has 0 aromatic heterocycles. The SMILES string of the molecule is CPNCC(Cc1ccc(P)cc1O[C@H](C)CO)O[P+](C)(C)C. The Morgan fingerprint density at radius 1 is 1.35 bits per heavy atom. The van der Waals surface area contributed by atoms with Crippen LogP contribution < -0.4 is 15.1 Å². The van der Waals surface area contributed by atoms with E-state index in [0.29, 0.717) is 8.73 Å². The Kier molecular flexibility index (Phi) is 9.46. The molecular weight excluding hydrogens is 347 g/mol. The van der Waals surface area contributed by atoms with E-state index >= 15 is 0 Å². The molecule has 0 spiro atoms. The lowest BCUT2D eigenvalue weighted by Crippen LogP contribution is -2.27. The normalized spacial score (nSPS) is 15.1. The summed E-state index contributed by atoms with van der Waals surface area (Å²) >= 11 is 0. The van der Waals surface area contributed by atoms with E-state index in [-0.39, 0.29) is 18.8 Å². The Morgan fingerprint density at radius 3 is 2.61 bits per heavy atom. The first kappa shape index (κ1) is 21.2. The molecule has 0 aliphatic rings. The van der Waals surface area contributed by atoms with Crippen molar-refractivity contribution in [2.24, 2.45) is 0 Å². The van der Waals surface area contributed by atoms with E-state index < -0.39 is 7.49 Å². The summed E-state index contributed by atoms with van der Waals surface area (Å²) in [5, 5.41) is 13.7. The smallest absolute Gasteiger partial charge is 0.137 e.